The highest BCUT2D eigenvalue weighted by Gasteiger charge is 2.10. The molecule has 20 heavy (non-hydrogen) atoms. The van der Waals surface area contributed by atoms with Gasteiger partial charge in [-0.1, -0.05) is 12.1 Å². The summed E-state index contributed by atoms with van der Waals surface area (Å²) in [5.41, 5.74) is 1.36. The van der Waals surface area contributed by atoms with E-state index in [1.54, 1.807) is 12.1 Å². The van der Waals surface area contributed by atoms with E-state index in [-0.39, 0.29) is 11.4 Å². The summed E-state index contributed by atoms with van der Waals surface area (Å²) < 4.78 is 13.5. The van der Waals surface area contributed by atoms with Gasteiger partial charge in [-0.15, -0.1) is 11.3 Å². The predicted molar refractivity (Wildman–Crippen MR) is 79.8 cm³/mol. The fourth-order valence-electron chi connectivity index (χ4n) is 1.95. The maximum atomic E-state index is 12.9. The fourth-order valence-corrected chi connectivity index (χ4v) is 2.94. The number of aromatic amines is 1. The van der Waals surface area contributed by atoms with Gasteiger partial charge in [-0.3, -0.25) is 9.78 Å². The lowest BCUT2D eigenvalue weighted by Gasteiger charge is -2.00. The van der Waals surface area contributed by atoms with Crippen molar-refractivity contribution in [2.45, 2.75) is 6.92 Å². The van der Waals surface area contributed by atoms with E-state index in [0.717, 1.165) is 10.4 Å². The Balaban J connectivity index is 2.12. The minimum Gasteiger partial charge on any atom is -0.356 e. The second kappa shape index (κ2) is 5.05. The molecule has 2 heterocycles. The van der Waals surface area contributed by atoms with Crippen molar-refractivity contribution in [3.63, 3.8) is 0 Å². The number of fused-ring (bicyclic) bond motifs is 1. The van der Waals surface area contributed by atoms with Gasteiger partial charge in [-0.25, -0.2) is 9.37 Å². The summed E-state index contributed by atoms with van der Waals surface area (Å²) in [6.45, 7) is 2.62. The summed E-state index contributed by atoms with van der Waals surface area (Å²) in [6, 6.07) is 8.05. The van der Waals surface area contributed by atoms with Crippen LogP contribution >= 0.6 is 11.3 Å². The first kappa shape index (κ1) is 12.8. The molecular weight excluding hydrogens is 277 g/mol. The average molecular weight is 289 g/mol. The SMILES string of the molecule is CCNc1nc2cc(-c3ccc(F)cc3)sc2c(=O)[nH]1. The van der Waals surface area contributed by atoms with E-state index < -0.39 is 0 Å². The zero-order valence-corrected chi connectivity index (χ0v) is 11.6. The first-order valence-corrected chi connectivity index (χ1v) is 7.02. The highest BCUT2D eigenvalue weighted by molar-refractivity contribution is 7.22. The molecular formula is C14H12FN3OS. The highest BCUT2D eigenvalue weighted by Crippen LogP contribution is 2.31. The number of nitrogens with zero attached hydrogens (tertiary/aromatic N) is 1. The van der Waals surface area contributed by atoms with Crippen LogP contribution in [0.5, 0.6) is 0 Å². The van der Waals surface area contributed by atoms with Gasteiger partial charge in [0.15, 0.2) is 0 Å². The molecule has 3 aromatic rings. The minimum atomic E-state index is -0.278. The maximum Gasteiger partial charge on any atom is 0.270 e. The largest absolute Gasteiger partial charge is 0.356 e. The van der Waals surface area contributed by atoms with Crippen LogP contribution in [0.15, 0.2) is 35.1 Å². The number of H-pyrrole nitrogens is 1. The van der Waals surface area contributed by atoms with E-state index in [1.165, 1.54) is 23.5 Å². The number of anilines is 1. The monoisotopic (exact) mass is 289 g/mol. The maximum absolute atomic E-state index is 12.9. The molecule has 102 valence electrons. The van der Waals surface area contributed by atoms with Crippen molar-refractivity contribution in [3.05, 3.63) is 46.5 Å². The van der Waals surface area contributed by atoms with Gasteiger partial charge in [0.2, 0.25) is 5.95 Å². The lowest BCUT2D eigenvalue weighted by Crippen LogP contribution is -2.11. The van der Waals surface area contributed by atoms with Crippen molar-refractivity contribution < 1.29 is 4.39 Å². The standard InChI is InChI=1S/C14H12FN3OS/c1-2-16-14-17-10-7-11(20-12(10)13(19)18-14)8-3-5-9(15)6-4-8/h3-7H,2H2,1H3,(H2,16,17,18,19). The molecule has 0 aliphatic rings. The molecule has 2 N–H and O–H groups in total. The summed E-state index contributed by atoms with van der Waals surface area (Å²) in [7, 11) is 0. The van der Waals surface area contributed by atoms with E-state index in [9.17, 15) is 9.18 Å². The van der Waals surface area contributed by atoms with E-state index in [0.29, 0.717) is 22.7 Å². The van der Waals surface area contributed by atoms with Gasteiger partial charge in [0.05, 0.1) is 5.52 Å². The minimum absolute atomic E-state index is 0.163. The van der Waals surface area contributed by atoms with Gasteiger partial charge in [-0.05, 0) is 30.7 Å². The molecule has 2 aromatic heterocycles. The number of thiophene rings is 1. The van der Waals surface area contributed by atoms with Gasteiger partial charge < -0.3 is 5.32 Å². The molecule has 0 saturated heterocycles. The molecule has 0 bridgehead atoms. The van der Waals surface area contributed by atoms with Gasteiger partial charge >= 0.3 is 0 Å². The number of hydrogen-bond acceptors (Lipinski definition) is 4. The highest BCUT2D eigenvalue weighted by atomic mass is 32.1. The van der Waals surface area contributed by atoms with Crippen LogP contribution in [0.4, 0.5) is 10.3 Å². The van der Waals surface area contributed by atoms with Crippen molar-refractivity contribution in [1.29, 1.82) is 0 Å². The van der Waals surface area contributed by atoms with Gasteiger partial charge in [0, 0.05) is 11.4 Å². The van der Waals surface area contributed by atoms with Crippen molar-refractivity contribution in [1.82, 2.24) is 9.97 Å². The number of hydrogen-bond donors (Lipinski definition) is 2. The molecule has 0 unspecified atom stereocenters. The van der Waals surface area contributed by atoms with Crippen LogP contribution in [-0.2, 0) is 0 Å². The molecule has 1 aromatic carbocycles. The second-order valence-corrected chi connectivity index (χ2v) is 5.33. The molecule has 0 fully saturated rings. The van der Waals surface area contributed by atoms with Crippen molar-refractivity contribution in [2.75, 3.05) is 11.9 Å². The quantitative estimate of drug-likeness (QED) is 0.778. The summed E-state index contributed by atoms with van der Waals surface area (Å²) in [6.07, 6.45) is 0. The van der Waals surface area contributed by atoms with Crippen LogP contribution in [0.1, 0.15) is 6.92 Å². The molecule has 3 rings (SSSR count). The Kier molecular flexibility index (Phi) is 3.23. The second-order valence-electron chi connectivity index (χ2n) is 4.28. The normalized spacial score (nSPS) is 10.9. The lowest BCUT2D eigenvalue weighted by atomic mass is 10.2. The van der Waals surface area contributed by atoms with Crippen LogP contribution < -0.4 is 10.9 Å². The first-order chi connectivity index (χ1) is 9.67. The van der Waals surface area contributed by atoms with E-state index in [2.05, 4.69) is 15.3 Å². The molecule has 4 nitrogen and oxygen atoms in total. The van der Waals surface area contributed by atoms with Crippen LogP contribution in [-0.4, -0.2) is 16.5 Å². The smallest absolute Gasteiger partial charge is 0.270 e. The van der Waals surface area contributed by atoms with Crippen LogP contribution in [0.3, 0.4) is 0 Å². The molecule has 0 spiro atoms. The Morgan fingerprint density at radius 3 is 2.80 bits per heavy atom. The summed E-state index contributed by atoms with van der Waals surface area (Å²) in [4.78, 5) is 19.9. The number of benzene rings is 1. The number of rotatable bonds is 3. The van der Waals surface area contributed by atoms with Gasteiger partial charge in [0.25, 0.3) is 5.56 Å². The van der Waals surface area contributed by atoms with Gasteiger partial charge in [-0.2, -0.15) is 0 Å². The van der Waals surface area contributed by atoms with Crippen LogP contribution in [0, 0.1) is 5.82 Å². The molecule has 0 saturated carbocycles. The summed E-state index contributed by atoms with van der Waals surface area (Å²) in [5, 5.41) is 2.99. The third kappa shape index (κ3) is 2.30. The average Bonchev–Trinajstić information content (AvgIpc) is 2.84. The Bertz CT molecular complexity index is 807. The zero-order chi connectivity index (χ0) is 14.1. The van der Waals surface area contributed by atoms with E-state index in [4.69, 9.17) is 0 Å². The van der Waals surface area contributed by atoms with E-state index >= 15 is 0 Å². The Morgan fingerprint density at radius 1 is 1.35 bits per heavy atom. The fraction of sp³-hybridized carbons (Fsp3) is 0.143. The lowest BCUT2D eigenvalue weighted by molar-refractivity contribution is 0.628. The predicted octanol–water partition coefficient (Wildman–Crippen LogP) is 3.22. The third-order valence-corrected chi connectivity index (χ3v) is 4.03. The summed E-state index contributed by atoms with van der Waals surface area (Å²) in [5.74, 6) is 0.189. The van der Waals surface area contributed by atoms with Crippen LogP contribution in [0.25, 0.3) is 20.7 Å². The van der Waals surface area contributed by atoms with Gasteiger partial charge in [0.1, 0.15) is 10.5 Å². The molecule has 0 amide bonds. The van der Waals surface area contributed by atoms with Crippen molar-refractivity contribution in [2.24, 2.45) is 0 Å². The molecule has 6 heteroatoms. The Hall–Kier alpha value is -2.21. The summed E-state index contributed by atoms with van der Waals surface area (Å²) >= 11 is 1.35. The topological polar surface area (TPSA) is 57.8 Å². The van der Waals surface area contributed by atoms with Crippen molar-refractivity contribution in [3.8, 4) is 10.4 Å². The molecule has 0 aliphatic heterocycles. The van der Waals surface area contributed by atoms with Crippen LogP contribution in [0.2, 0.25) is 0 Å². The number of nitrogens with one attached hydrogen (secondary N) is 2. The Labute approximate surface area is 118 Å². The first-order valence-electron chi connectivity index (χ1n) is 6.21. The molecule has 0 aliphatic carbocycles. The molecule has 0 atom stereocenters. The molecule has 0 radical (unpaired) electrons. The number of aromatic nitrogens is 2. The Morgan fingerprint density at radius 2 is 2.10 bits per heavy atom. The van der Waals surface area contributed by atoms with E-state index in [1.807, 2.05) is 13.0 Å². The van der Waals surface area contributed by atoms with Crippen molar-refractivity contribution >= 4 is 27.5 Å². The zero-order valence-electron chi connectivity index (χ0n) is 10.7. The third-order valence-electron chi connectivity index (χ3n) is 2.86. The number of halogens is 1.